The van der Waals surface area contributed by atoms with E-state index in [9.17, 15) is 9.50 Å². The first-order valence-electron chi connectivity index (χ1n) is 10.8. The van der Waals surface area contributed by atoms with Crippen molar-refractivity contribution in [3.63, 3.8) is 0 Å². The average Bonchev–Trinajstić information content (AvgIpc) is 3.47. The van der Waals surface area contributed by atoms with Crippen LogP contribution >= 0.6 is 11.6 Å². The normalized spacial score (nSPS) is 16.6. The maximum atomic E-state index is 13.2. The lowest BCUT2D eigenvalue weighted by atomic mass is 10.0. The lowest BCUT2D eigenvalue weighted by Gasteiger charge is -2.27. The number of aliphatic hydroxyl groups is 1. The van der Waals surface area contributed by atoms with Crippen molar-refractivity contribution in [1.29, 1.82) is 0 Å². The molecule has 174 valence electrons. The van der Waals surface area contributed by atoms with Crippen LogP contribution in [-0.4, -0.2) is 47.6 Å². The molecular weight excluding hydrogens is 447 g/mol. The van der Waals surface area contributed by atoms with Gasteiger partial charge in [-0.15, -0.1) is 0 Å². The molecule has 0 radical (unpaired) electrons. The summed E-state index contributed by atoms with van der Waals surface area (Å²) in [6.45, 7) is 2.00. The molecule has 1 N–H and O–H groups in total. The highest BCUT2D eigenvalue weighted by molar-refractivity contribution is 6.30. The quantitative estimate of drug-likeness (QED) is 0.440. The SMILES string of the molecule is O[C@@H](COCc1ccco1)CN(Cc1cccc(Cl)c1)C[C@H]1CC(c2ccc(F)cc2)=NO1. The van der Waals surface area contributed by atoms with Crippen LogP contribution in [0.2, 0.25) is 5.02 Å². The first-order chi connectivity index (χ1) is 16.0. The third kappa shape index (κ3) is 7.14. The molecule has 0 bridgehead atoms. The summed E-state index contributed by atoms with van der Waals surface area (Å²) >= 11 is 6.15. The zero-order chi connectivity index (χ0) is 23.0. The van der Waals surface area contributed by atoms with E-state index in [0.717, 1.165) is 16.8 Å². The Labute approximate surface area is 197 Å². The second-order valence-electron chi connectivity index (χ2n) is 8.05. The van der Waals surface area contributed by atoms with Gasteiger partial charge in [-0.05, 0) is 47.5 Å². The Morgan fingerprint density at radius 2 is 2.03 bits per heavy atom. The Bertz CT molecular complexity index is 1040. The summed E-state index contributed by atoms with van der Waals surface area (Å²) in [6, 6.07) is 17.5. The van der Waals surface area contributed by atoms with Gasteiger partial charge in [-0.3, -0.25) is 4.90 Å². The van der Waals surface area contributed by atoms with Crippen molar-refractivity contribution in [2.24, 2.45) is 5.16 Å². The molecule has 0 saturated heterocycles. The Morgan fingerprint density at radius 1 is 1.18 bits per heavy atom. The molecule has 6 nitrogen and oxygen atoms in total. The van der Waals surface area contributed by atoms with Crippen LogP contribution < -0.4 is 0 Å². The van der Waals surface area contributed by atoms with Gasteiger partial charge in [-0.2, -0.15) is 0 Å². The van der Waals surface area contributed by atoms with Gasteiger partial charge in [-0.25, -0.2) is 4.39 Å². The van der Waals surface area contributed by atoms with Crippen LogP contribution in [-0.2, 0) is 22.7 Å². The van der Waals surface area contributed by atoms with Gasteiger partial charge >= 0.3 is 0 Å². The largest absolute Gasteiger partial charge is 0.467 e. The van der Waals surface area contributed by atoms with Crippen molar-refractivity contribution in [1.82, 2.24) is 4.90 Å². The number of halogens is 2. The van der Waals surface area contributed by atoms with Gasteiger partial charge in [-0.1, -0.05) is 41.0 Å². The Hall–Kier alpha value is -2.71. The maximum Gasteiger partial charge on any atom is 0.145 e. The summed E-state index contributed by atoms with van der Waals surface area (Å²) < 4.78 is 24.1. The molecule has 1 aliphatic rings. The van der Waals surface area contributed by atoms with E-state index in [2.05, 4.69) is 10.1 Å². The van der Waals surface area contributed by atoms with Gasteiger partial charge in [0.25, 0.3) is 0 Å². The predicted octanol–water partition coefficient (Wildman–Crippen LogP) is 4.65. The zero-order valence-corrected chi connectivity index (χ0v) is 18.8. The highest BCUT2D eigenvalue weighted by Crippen LogP contribution is 2.20. The number of benzene rings is 2. The molecule has 0 fully saturated rings. The molecule has 1 aromatic heterocycles. The van der Waals surface area contributed by atoms with E-state index in [0.29, 0.717) is 43.4 Å². The number of nitrogens with zero attached hydrogens (tertiary/aromatic N) is 2. The van der Waals surface area contributed by atoms with Crippen LogP contribution in [0.25, 0.3) is 0 Å². The van der Waals surface area contributed by atoms with Crippen molar-refractivity contribution >= 4 is 17.3 Å². The summed E-state index contributed by atoms with van der Waals surface area (Å²) in [6.07, 6.45) is 1.31. The number of hydrogen-bond acceptors (Lipinski definition) is 6. The lowest BCUT2D eigenvalue weighted by molar-refractivity contribution is -0.00955. The van der Waals surface area contributed by atoms with Crippen LogP contribution in [0.1, 0.15) is 23.3 Å². The fourth-order valence-corrected chi connectivity index (χ4v) is 3.98. The molecule has 1 aliphatic heterocycles. The first-order valence-corrected chi connectivity index (χ1v) is 11.2. The molecule has 0 aliphatic carbocycles. The fraction of sp³-hybridized carbons (Fsp3) is 0.320. The summed E-state index contributed by atoms with van der Waals surface area (Å²) in [5.74, 6) is 0.425. The Kier molecular flexibility index (Phi) is 8.12. The molecule has 33 heavy (non-hydrogen) atoms. The third-order valence-corrected chi connectivity index (χ3v) is 5.51. The van der Waals surface area contributed by atoms with E-state index in [1.54, 1.807) is 24.5 Å². The standard InChI is InChI=1S/C25H26ClFN2O4/c26-20-4-1-3-18(11-20)13-29(14-22(30)16-31-17-23-5-2-10-32-23)15-24-12-25(28-33-24)19-6-8-21(27)9-7-19/h1-11,22,24,30H,12-17H2/t22-,24-/m1/s1. The number of aliphatic hydroxyl groups excluding tert-OH is 1. The second-order valence-corrected chi connectivity index (χ2v) is 8.49. The zero-order valence-electron chi connectivity index (χ0n) is 18.1. The summed E-state index contributed by atoms with van der Waals surface area (Å²) in [7, 11) is 0. The molecule has 0 unspecified atom stereocenters. The molecule has 0 spiro atoms. The smallest absolute Gasteiger partial charge is 0.145 e. The molecule has 8 heteroatoms. The first kappa shape index (κ1) is 23.4. The monoisotopic (exact) mass is 472 g/mol. The Balaban J connectivity index is 1.34. The average molecular weight is 473 g/mol. The van der Waals surface area contributed by atoms with Crippen LogP contribution in [0.5, 0.6) is 0 Å². The number of rotatable bonds is 11. The van der Waals surface area contributed by atoms with E-state index >= 15 is 0 Å². The summed E-state index contributed by atoms with van der Waals surface area (Å²) in [4.78, 5) is 7.75. The minimum absolute atomic E-state index is 0.176. The highest BCUT2D eigenvalue weighted by Gasteiger charge is 2.26. The van der Waals surface area contributed by atoms with Crippen molar-refractivity contribution in [3.8, 4) is 0 Å². The van der Waals surface area contributed by atoms with E-state index in [-0.39, 0.29) is 18.5 Å². The third-order valence-electron chi connectivity index (χ3n) is 5.27. The van der Waals surface area contributed by atoms with Gasteiger partial charge < -0.3 is 19.1 Å². The van der Waals surface area contributed by atoms with Crippen molar-refractivity contribution < 1.29 is 23.5 Å². The molecule has 3 aromatic rings. The van der Waals surface area contributed by atoms with E-state index in [4.69, 9.17) is 25.6 Å². The van der Waals surface area contributed by atoms with E-state index in [1.165, 1.54) is 12.1 Å². The van der Waals surface area contributed by atoms with Crippen LogP contribution in [0.4, 0.5) is 4.39 Å². The number of hydrogen-bond donors (Lipinski definition) is 1. The highest BCUT2D eigenvalue weighted by atomic mass is 35.5. The maximum absolute atomic E-state index is 13.2. The molecule has 2 heterocycles. The second kappa shape index (κ2) is 11.4. The van der Waals surface area contributed by atoms with Crippen molar-refractivity contribution in [3.05, 3.63) is 94.7 Å². The van der Waals surface area contributed by atoms with Crippen LogP contribution in [0.3, 0.4) is 0 Å². The molecule has 0 saturated carbocycles. The van der Waals surface area contributed by atoms with E-state index in [1.807, 2.05) is 30.3 Å². The van der Waals surface area contributed by atoms with Gasteiger partial charge in [0.1, 0.15) is 24.3 Å². The van der Waals surface area contributed by atoms with Crippen molar-refractivity contribution in [2.75, 3.05) is 19.7 Å². The topological polar surface area (TPSA) is 67.4 Å². The minimum atomic E-state index is -0.696. The summed E-state index contributed by atoms with van der Waals surface area (Å²) in [5, 5.41) is 15.4. The number of oxime groups is 1. The molecule has 4 rings (SSSR count). The van der Waals surface area contributed by atoms with Gasteiger partial charge in [0, 0.05) is 31.1 Å². The van der Waals surface area contributed by atoms with Gasteiger partial charge in [0.15, 0.2) is 0 Å². The summed E-state index contributed by atoms with van der Waals surface area (Å²) in [5.41, 5.74) is 2.65. The predicted molar refractivity (Wildman–Crippen MR) is 124 cm³/mol. The van der Waals surface area contributed by atoms with Crippen LogP contribution in [0.15, 0.2) is 76.5 Å². The molecule has 0 amide bonds. The Morgan fingerprint density at radius 3 is 2.79 bits per heavy atom. The molecule has 2 atom stereocenters. The van der Waals surface area contributed by atoms with Gasteiger partial charge in [0.05, 0.1) is 24.7 Å². The number of furan rings is 1. The van der Waals surface area contributed by atoms with Crippen LogP contribution in [0, 0.1) is 5.82 Å². The molecular formula is C25H26ClFN2O4. The number of ether oxygens (including phenoxy) is 1. The fourth-order valence-electron chi connectivity index (χ4n) is 3.77. The van der Waals surface area contributed by atoms with Crippen molar-refractivity contribution in [2.45, 2.75) is 31.8 Å². The van der Waals surface area contributed by atoms with Gasteiger partial charge in [0.2, 0.25) is 0 Å². The minimum Gasteiger partial charge on any atom is -0.467 e. The van der Waals surface area contributed by atoms with E-state index < -0.39 is 6.10 Å². The molecule has 2 aromatic carbocycles. The lowest BCUT2D eigenvalue weighted by Crippen LogP contribution is -2.39.